The van der Waals surface area contributed by atoms with Crippen molar-refractivity contribution in [3.05, 3.63) is 39.5 Å². The van der Waals surface area contributed by atoms with E-state index in [-0.39, 0.29) is 5.97 Å². The third-order valence-electron chi connectivity index (χ3n) is 2.02. The number of ether oxygens (including phenoxy) is 1. The average Bonchev–Trinajstić information content (AvgIpc) is 2.64. The van der Waals surface area contributed by atoms with E-state index in [0.29, 0.717) is 5.75 Å². The van der Waals surface area contributed by atoms with Crippen molar-refractivity contribution < 1.29 is 9.53 Å². The molecule has 0 aliphatic rings. The number of benzene rings is 1. The van der Waals surface area contributed by atoms with Gasteiger partial charge in [-0.2, -0.15) is 0 Å². The summed E-state index contributed by atoms with van der Waals surface area (Å²) in [5, 5.41) is 2.01. The van der Waals surface area contributed by atoms with Crippen LogP contribution < -0.4 is 4.74 Å². The summed E-state index contributed by atoms with van der Waals surface area (Å²) in [6.45, 7) is 1.40. The van der Waals surface area contributed by atoms with E-state index in [4.69, 9.17) is 4.74 Å². The second-order valence-electron chi connectivity index (χ2n) is 3.23. The fourth-order valence-corrected chi connectivity index (χ4v) is 2.71. The van der Waals surface area contributed by atoms with Gasteiger partial charge in [0.25, 0.3) is 0 Å². The molecule has 0 bridgehead atoms. The summed E-state index contributed by atoms with van der Waals surface area (Å²) in [5.41, 5.74) is 2.14. The zero-order valence-electron chi connectivity index (χ0n) is 8.57. The molecule has 1 aromatic heterocycles. The summed E-state index contributed by atoms with van der Waals surface area (Å²) < 4.78 is 6.12. The van der Waals surface area contributed by atoms with Gasteiger partial charge in [0.15, 0.2) is 0 Å². The number of hydrogen-bond donors (Lipinski definition) is 0. The van der Waals surface area contributed by atoms with Gasteiger partial charge in [-0.3, -0.25) is 4.79 Å². The van der Waals surface area contributed by atoms with E-state index < -0.39 is 0 Å². The van der Waals surface area contributed by atoms with Crippen LogP contribution in [-0.4, -0.2) is 5.97 Å². The lowest BCUT2D eigenvalue weighted by molar-refractivity contribution is -0.131. The van der Waals surface area contributed by atoms with Gasteiger partial charge in [-0.1, -0.05) is 12.1 Å². The monoisotopic (exact) mass is 296 g/mol. The first-order chi connectivity index (χ1) is 7.66. The topological polar surface area (TPSA) is 26.3 Å². The van der Waals surface area contributed by atoms with Gasteiger partial charge in [0.1, 0.15) is 5.75 Å². The van der Waals surface area contributed by atoms with E-state index in [1.807, 2.05) is 29.6 Å². The first-order valence-corrected chi connectivity index (χ1v) is 6.36. The molecule has 1 aromatic carbocycles. The predicted molar refractivity (Wildman–Crippen MR) is 68.8 cm³/mol. The van der Waals surface area contributed by atoms with Crippen LogP contribution in [0.1, 0.15) is 6.92 Å². The third-order valence-corrected chi connectivity index (χ3v) is 3.71. The summed E-state index contributed by atoms with van der Waals surface area (Å²) in [4.78, 5) is 10.8. The number of hydrogen-bond acceptors (Lipinski definition) is 3. The van der Waals surface area contributed by atoms with Gasteiger partial charge < -0.3 is 4.74 Å². The molecule has 2 nitrogen and oxygen atoms in total. The maximum atomic E-state index is 10.8. The van der Waals surface area contributed by atoms with Crippen LogP contribution >= 0.6 is 27.3 Å². The van der Waals surface area contributed by atoms with Crippen LogP contribution in [0.5, 0.6) is 5.75 Å². The van der Waals surface area contributed by atoms with Gasteiger partial charge >= 0.3 is 5.97 Å². The van der Waals surface area contributed by atoms with Crippen molar-refractivity contribution in [2.45, 2.75) is 6.92 Å². The lowest BCUT2D eigenvalue weighted by Crippen LogP contribution is -2.00. The van der Waals surface area contributed by atoms with Gasteiger partial charge in [0.05, 0.1) is 3.79 Å². The lowest BCUT2D eigenvalue weighted by Gasteiger charge is -2.04. The molecular weight excluding hydrogens is 288 g/mol. The van der Waals surface area contributed by atoms with Crippen molar-refractivity contribution in [3.8, 4) is 16.9 Å². The zero-order chi connectivity index (χ0) is 11.5. The third kappa shape index (κ3) is 2.51. The van der Waals surface area contributed by atoms with Crippen LogP contribution in [0.25, 0.3) is 11.1 Å². The number of rotatable bonds is 2. The molecule has 2 rings (SSSR count). The normalized spacial score (nSPS) is 10.1. The van der Waals surface area contributed by atoms with Crippen molar-refractivity contribution >= 4 is 33.2 Å². The minimum absolute atomic E-state index is 0.304. The quantitative estimate of drug-likeness (QED) is 0.616. The molecular formula is C12H9BrO2S. The average molecular weight is 297 g/mol. The van der Waals surface area contributed by atoms with E-state index in [0.717, 1.165) is 14.9 Å². The van der Waals surface area contributed by atoms with E-state index in [9.17, 15) is 4.79 Å². The predicted octanol–water partition coefficient (Wildman–Crippen LogP) is 4.10. The molecule has 0 atom stereocenters. The number of thiophene rings is 1. The van der Waals surface area contributed by atoms with Crippen LogP contribution in [-0.2, 0) is 4.79 Å². The Morgan fingerprint density at radius 3 is 2.81 bits per heavy atom. The summed E-state index contributed by atoms with van der Waals surface area (Å²) in [6.07, 6.45) is 0. The Balaban J connectivity index is 2.36. The van der Waals surface area contributed by atoms with Crippen molar-refractivity contribution in [2.75, 3.05) is 0 Å². The number of esters is 1. The number of carbonyl (C=O) groups is 1. The van der Waals surface area contributed by atoms with Crippen LogP contribution in [0.4, 0.5) is 0 Å². The number of carbonyl (C=O) groups excluding carboxylic acids is 1. The van der Waals surface area contributed by atoms with Crippen LogP contribution in [0.3, 0.4) is 0 Å². The Labute approximate surface area is 106 Å². The molecule has 0 spiro atoms. The molecule has 0 saturated carbocycles. The number of halogens is 1. The molecule has 0 radical (unpaired) electrons. The Bertz CT molecular complexity index is 519. The van der Waals surface area contributed by atoms with Crippen molar-refractivity contribution in [2.24, 2.45) is 0 Å². The molecule has 0 aliphatic heterocycles. The van der Waals surface area contributed by atoms with Crippen molar-refractivity contribution in [1.29, 1.82) is 0 Å². The molecule has 0 unspecified atom stereocenters. The van der Waals surface area contributed by atoms with Gasteiger partial charge in [-0.05, 0) is 45.1 Å². The Morgan fingerprint density at radius 1 is 1.38 bits per heavy atom. The molecule has 0 saturated heterocycles. The Hall–Kier alpha value is -1.13. The SMILES string of the molecule is CC(=O)Oc1cccc(-c2ccsc2Br)c1. The Morgan fingerprint density at radius 2 is 2.19 bits per heavy atom. The minimum Gasteiger partial charge on any atom is -0.427 e. The highest BCUT2D eigenvalue weighted by Crippen LogP contribution is 2.34. The summed E-state index contributed by atoms with van der Waals surface area (Å²) >= 11 is 5.12. The van der Waals surface area contributed by atoms with Crippen LogP contribution in [0.15, 0.2) is 39.5 Å². The van der Waals surface area contributed by atoms with E-state index in [2.05, 4.69) is 15.9 Å². The first kappa shape index (κ1) is 11.4. The highest BCUT2D eigenvalue weighted by Gasteiger charge is 2.06. The molecule has 4 heteroatoms. The maximum Gasteiger partial charge on any atom is 0.308 e. The largest absolute Gasteiger partial charge is 0.427 e. The first-order valence-electron chi connectivity index (χ1n) is 4.68. The minimum atomic E-state index is -0.304. The van der Waals surface area contributed by atoms with Gasteiger partial charge in [-0.15, -0.1) is 11.3 Å². The second kappa shape index (κ2) is 4.80. The molecule has 0 amide bonds. The van der Waals surface area contributed by atoms with E-state index in [1.54, 1.807) is 17.4 Å². The van der Waals surface area contributed by atoms with Crippen molar-refractivity contribution in [1.82, 2.24) is 0 Å². The van der Waals surface area contributed by atoms with E-state index in [1.165, 1.54) is 6.92 Å². The second-order valence-corrected chi connectivity index (χ2v) is 5.46. The van der Waals surface area contributed by atoms with Gasteiger partial charge in [-0.25, -0.2) is 0 Å². The summed E-state index contributed by atoms with van der Waals surface area (Å²) in [7, 11) is 0. The molecule has 2 aromatic rings. The van der Waals surface area contributed by atoms with Crippen molar-refractivity contribution in [3.63, 3.8) is 0 Å². The fourth-order valence-electron chi connectivity index (χ4n) is 1.39. The maximum absolute atomic E-state index is 10.8. The van der Waals surface area contributed by atoms with Gasteiger partial charge in [0.2, 0.25) is 0 Å². The molecule has 0 aliphatic carbocycles. The highest BCUT2D eigenvalue weighted by molar-refractivity contribution is 9.11. The highest BCUT2D eigenvalue weighted by atomic mass is 79.9. The Kier molecular flexibility index (Phi) is 3.41. The van der Waals surface area contributed by atoms with E-state index >= 15 is 0 Å². The zero-order valence-corrected chi connectivity index (χ0v) is 11.0. The van der Waals surface area contributed by atoms with Crippen LogP contribution in [0, 0.1) is 0 Å². The fraction of sp³-hybridized carbons (Fsp3) is 0.0833. The molecule has 0 N–H and O–H groups in total. The van der Waals surface area contributed by atoms with Gasteiger partial charge in [0, 0.05) is 12.5 Å². The lowest BCUT2D eigenvalue weighted by atomic mass is 10.1. The standard InChI is InChI=1S/C12H9BrO2S/c1-8(14)15-10-4-2-3-9(7-10)11-5-6-16-12(11)13/h2-7H,1H3. The summed E-state index contributed by atoms with van der Waals surface area (Å²) in [5.74, 6) is 0.268. The van der Waals surface area contributed by atoms with Crippen LogP contribution in [0.2, 0.25) is 0 Å². The summed E-state index contributed by atoms with van der Waals surface area (Å²) in [6, 6.07) is 9.51. The molecule has 0 fully saturated rings. The smallest absolute Gasteiger partial charge is 0.308 e. The molecule has 82 valence electrons. The molecule has 1 heterocycles. The molecule has 16 heavy (non-hydrogen) atoms.